The predicted molar refractivity (Wildman–Crippen MR) is 91.2 cm³/mol. The van der Waals surface area contributed by atoms with Gasteiger partial charge in [0.2, 0.25) is 0 Å². The van der Waals surface area contributed by atoms with Crippen molar-refractivity contribution in [2.45, 2.75) is 46.6 Å². The summed E-state index contributed by atoms with van der Waals surface area (Å²) in [5.41, 5.74) is 1.17. The Morgan fingerprint density at radius 1 is 0.952 bits per heavy atom. The third-order valence-electron chi connectivity index (χ3n) is 3.34. The van der Waals surface area contributed by atoms with Crippen LogP contribution in [0.25, 0.3) is 0 Å². The molecule has 0 aliphatic heterocycles. The fraction of sp³-hybridized carbons (Fsp3) is 0.500. The lowest BCUT2D eigenvalue weighted by atomic mass is 10.2. The minimum Gasteiger partial charge on any atom is -0.370 e. The topological polar surface area (TPSA) is 49.8 Å². The first-order chi connectivity index (χ1) is 10.3. The van der Waals surface area contributed by atoms with E-state index in [1.165, 1.54) is 15.3 Å². The molecule has 0 saturated carbocycles. The van der Waals surface area contributed by atoms with Crippen LogP contribution in [0.3, 0.4) is 0 Å². The number of anilines is 2. The molecule has 0 spiro atoms. The lowest BCUT2D eigenvalue weighted by Crippen LogP contribution is -2.10. The van der Waals surface area contributed by atoms with Gasteiger partial charge in [-0.2, -0.15) is 0 Å². The molecule has 0 saturated heterocycles. The second-order valence-electron chi connectivity index (χ2n) is 4.90. The monoisotopic (exact) mass is 304 g/mol. The van der Waals surface area contributed by atoms with Crippen molar-refractivity contribution >= 4 is 23.0 Å². The third-order valence-corrected chi connectivity index (χ3v) is 4.57. The molecule has 4 nitrogen and oxygen atoms in total. The molecule has 114 valence electrons. The van der Waals surface area contributed by atoms with Crippen LogP contribution >= 0.6 is 11.3 Å². The van der Waals surface area contributed by atoms with Gasteiger partial charge in [-0.05, 0) is 31.4 Å². The highest BCUT2D eigenvalue weighted by molar-refractivity contribution is 7.12. The van der Waals surface area contributed by atoms with Crippen LogP contribution in [0.15, 0.2) is 18.5 Å². The Balaban J connectivity index is 2.08. The van der Waals surface area contributed by atoms with Crippen molar-refractivity contribution in [2.24, 2.45) is 0 Å². The quantitative estimate of drug-likeness (QED) is 0.771. The maximum atomic E-state index is 4.40. The van der Waals surface area contributed by atoms with Crippen molar-refractivity contribution in [3.8, 4) is 0 Å². The van der Waals surface area contributed by atoms with E-state index >= 15 is 0 Å². The molecule has 21 heavy (non-hydrogen) atoms. The SMILES string of the molecule is CCCNc1ncnc(NCc2ccc(CC)s2)c1CC. The molecule has 2 heterocycles. The average molecular weight is 304 g/mol. The van der Waals surface area contributed by atoms with Gasteiger partial charge < -0.3 is 10.6 Å². The van der Waals surface area contributed by atoms with E-state index in [2.05, 4.69) is 53.5 Å². The van der Waals surface area contributed by atoms with Crippen LogP contribution in [0, 0.1) is 0 Å². The fourth-order valence-corrected chi connectivity index (χ4v) is 3.07. The molecule has 0 atom stereocenters. The molecular formula is C16H24N4S. The lowest BCUT2D eigenvalue weighted by molar-refractivity contribution is 0.945. The number of aromatic nitrogens is 2. The minimum atomic E-state index is 0.821. The first kappa shape index (κ1) is 15.8. The Bertz CT molecular complexity index is 565. The first-order valence-corrected chi connectivity index (χ1v) is 8.49. The highest BCUT2D eigenvalue weighted by Crippen LogP contribution is 2.23. The van der Waals surface area contributed by atoms with E-state index in [0.717, 1.165) is 44.0 Å². The number of thiophene rings is 1. The van der Waals surface area contributed by atoms with E-state index in [1.54, 1.807) is 6.33 Å². The smallest absolute Gasteiger partial charge is 0.135 e. The van der Waals surface area contributed by atoms with Crippen LogP contribution in [0.5, 0.6) is 0 Å². The highest BCUT2D eigenvalue weighted by atomic mass is 32.1. The van der Waals surface area contributed by atoms with Gasteiger partial charge in [-0.3, -0.25) is 0 Å². The van der Waals surface area contributed by atoms with Crippen LogP contribution in [-0.2, 0) is 19.4 Å². The Hall–Kier alpha value is -1.62. The zero-order chi connectivity index (χ0) is 15.1. The summed E-state index contributed by atoms with van der Waals surface area (Å²) in [7, 11) is 0. The molecule has 0 aliphatic rings. The van der Waals surface area contributed by atoms with Crippen LogP contribution < -0.4 is 10.6 Å². The Kier molecular flexibility index (Phi) is 5.99. The molecule has 0 aromatic carbocycles. The van der Waals surface area contributed by atoms with Gasteiger partial charge in [0.25, 0.3) is 0 Å². The second-order valence-corrected chi connectivity index (χ2v) is 6.16. The molecule has 2 rings (SSSR count). The van der Waals surface area contributed by atoms with Crippen molar-refractivity contribution < 1.29 is 0 Å². The summed E-state index contributed by atoms with van der Waals surface area (Å²) in [6, 6.07) is 4.40. The molecule has 0 radical (unpaired) electrons. The number of aryl methyl sites for hydroxylation is 1. The highest BCUT2D eigenvalue weighted by Gasteiger charge is 2.09. The van der Waals surface area contributed by atoms with Crippen molar-refractivity contribution in [2.75, 3.05) is 17.2 Å². The number of nitrogens with one attached hydrogen (secondary N) is 2. The van der Waals surface area contributed by atoms with Crippen molar-refractivity contribution in [1.82, 2.24) is 9.97 Å². The molecular weight excluding hydrogens is 280 g/mol. The maximum Gasteiger partial charge on any atom is 0.135 e. The molecule has 0 unspecified atom stereocenters. The van der Waals surface area contributed by atoms with E-state index in [1.807, 2.05) is 11.3 Å². The average Bonchev–Trinajstić information content (AvgIpc) is 2.98. The number of hydrogen-bond acceptors (Lipinski definition) is 5. The number of rotatable bonds is 8. The van der Waals surface area contributed by atoms with Crippen LogP contribution in [0.4, 0.5) is 11.6 Å². The van der Waals surface area contributed by atoms with Gasteiger partial charge in [0, 0.05) is 21.9 Å². The van der Waals surface area contributed by atoms with Crippen molar-refractivity contribution in [3.63, 3.8) is 0 Å². The molecule has 5 heteroatoms. The largest absolute Gasteiger partial charge is 0.370 e. The summed E-state index contributed by atoms with van der Waals surface area (Å²) in [6.45, 7) is 8.24. The number of hydrogen-bond donors (Lipinski definition) is 2. The summed E-state index contributed by atoms with van der Waals surface area (Å²) in [5.74, 6) is 1.90. The van der Waals surface area contributed by atoms with E-state index in [4.69, 9.17) is 0 Å². The third kappa shape index (κ3) is 4.17. The molecule has 0 fully saturated rings. The van der Waals surface area contributed by atoms with Gasteiger partial charge in [0.15, 0.2) is 0 Å². The molecule has 0 aliphatic carbocycles. The van der Waals surface area contributed by atoms with E-state index < -0.39 is 0 Å². The molecule has 2 aromatic heterocycles. The number of nitrogens with zero attached hydrogens (tertiary/aromatic N) is 2. The standard InChI is InChI=1S/C16H24N4S/c1-4-9-17-15-14(6-3)16(20-11-19-15)18-10-13-8-7-12(5-2)21-13/h7-8,11H,4-6,9-10H2,1-3H3,(H2,17,18,19,20). The second kappa shape index (κ2) is 7.98. The van der Waals surface area contributed by atoms with Gasteiger partial charge in [-0.1, -0.05) is 20.8 Å². The zero-order valence-corrected chi connectivity index (χ0v) is 13.9. The van der Waals surface area contributed by atoms with Crippen molar-refractivity contribution in [1.29, 1.82) is 0 Å². The van der Waals surface area contributed by atoms with Gasteiger partial charge in [0.05, 0.1) is 6.54 Å². The summed E-state index contributed by atoms with van der Waals surface area (Å²) >= 11 is 1.86. The van der Waals surface area contributed by atoms with Gasteiger partial charge in [-0.15, -0.1) is 11.3 Å². The first-order valence-electron chi connectivity index (χ1n) is 7.67. The van der Waals surface area contributed by atoms with E-state index in [-0.39, 0.29) is 0 Å². The predicted octanol–water partition coefficient (Wildman–Crippen LogP) is 4.10. The fourth-order valence-electron chi connectivity index (χ4n) is 2.17. The summed E-state index contributed by atoms with van der Waals surface area (Å²) in [5, 5.41) is 6.83. The Morgan fingerprint density at radius 3 is 2.29 bits per heavy atom. The van der Waals surface area contributed by atoms with Gasteiger partial charge in [0.1, 0.15) is 18.0 Å². The minimum absolute atomic E-state index is 0.821. The molecule has 0 bridgehead atoms. The lowest BCUT2D eigenvalue weighted by Gasteiger charge is -2.13. The molecule has 0 amide bonds. The van der Waals surface area contributed by atoms with Crippen LogP contribution in [0.2, 0.25) is 0 Å². The molecule has 2 N–H and O–H groups in total. The summed E-state index contributed by atoms with van der Waals surface area (Å²) in [4.78, 5) is 11.5. The van der Waals surface area contributed by atoms with Crippen LogP contribution in [-0.4, -0.2) is 16.5 Å². The van der Waals surface area contributed by atoms with E-state index in [0.29, 0.717) is 0 Å². The van der Waals surface area contributed by atoms with E-state index in [9.17, 15) is 0 Å². The summed E-state index contributed by atoms with van der Waals surface area (Å²) < 4.78 is 0. The Morgan fingerprint density at radius 2 is 1.67 bits per heavy atom. The normalized spacial score (nSPS) is 10.6. The maximum absolute atomic E-state index is 4.40. The summed E-state index contributed by atoms with van der Waals surface area (Å²) in [6.07, 6.45) is 4.74. The van der Waals surface area contributed by atoms with Crippen LogP contribution in [0.1, 0.15) is 42.5 Å². The van der Waals surface area contributed by atoms with Gasteiger partial charge in [-0.25, -0.2) is 9.97 Å². The molecule has 2 aromatic rings. The van der Waals surface area contributed by atoms with Gasteiger partial charge >= 0.3 is 0 Å². The van der Waals surface area contributed by atoms with Crippen molar-refractivity contribution in [3.05, 3.63) is 33.8 Å². The zero-order valence-electron chi connectivity index (χ0n) is 13.1. The Labute approximate surface area is 131 Å².